The number of ether oxygens (including phenoxy) is 1. The van der Waals surface area contributed by atoms with Crippen molar-refractivity contribution in [3.8, 4) is 0 Å². The minimum Gasteiger partial charge on any atom is -0.477 e. The van der Waals surface area contributed by atoms with Crippen molar-refractivity contribution in [3.63, 3.8) is 0 Å². The van der Waals surface area contributed by atoms with Crippen LogP contribution < -0.4 is 4.90 Å². The number of carbonyl (C=O) groups is 1. The van der Waals surface area contributed by atoms with Crippen LogP contribution in [-0.4, -0.2) is 42.4 Å². The zero-order valence-electron chi connectivity index (χ0n) is 9.80. The molecule has 2 rings (SSSR count). The van der Waals surface area contributed by atoms with Gasteiger partial charge in [-0.2, -0.15) is 0 Å². The first-order valence-electron chi connectivity index (χ1n) is 5.68. The lowest BCUT2D eigenvalue weighted by molar-refractivity contribution is 0.0690. The van der Waals surface area contributed by atoms with Crippen LogP contribution in [0.4, 0.5) is 5.69 Å². The number of aromatic nitrogens is 1. The Morgan fingerprint density at radius 1 is 1.53 bits per heavy atom. The number of nitrogens with zero attached hydrogens (tertiary/aromatic N) is 2. The number of hydrogen-bond acceptors (Lipinski definition) is 4. The van der Waals surface area contributed by atoms with Gasteiger partial charge < -0.3 is 14.7 Å². The number of anilines is 1. The summed E-state index contributed by atoms with van der Waals surface area (Å²) in [6.07, 6.45) is 3.82. The number of carboxylic acids is 1. The fraction of sp³-hybridized carbons (Fsp3) is 0.500. The lowest BCUT2D eigenvalue weighted by Gasteiger charge is -2.32. The molecule has 1 aliphatic heterocycles. The summed E-state index contributed by atoms with van der Waals surface area (Å²) >= 11 is 0. The van der Waals surface area contributed by atoms with Gasteiger partial charge in [-0.3, -0.25) is 0 Å². The van der Waals surface area contributed by atoms with Gasteiger partial charge in [0.1, 0.15) is 5.69 Å². The van der Waals surface area contributed by atoms with Gasteiger partial charge in [0.05, 0.1) is 6.10 Å². The molecule has 0 aromatic carbocycles. The molecule has 5 nitrogen and oxygen atoms in total. The fourth-order valence-corrected chi connectivity index (χ4v) is 2.08. The maximum absolute atomic E-state index is 10.8. The number of piperidine rings is 1. The highest BCUT2D eigenvalue weighted by Crippen LogP contribution is 2.21. The fourth-order valence-electron chi connectivity index (χ4n) is 2.08. The van der Waals surface area contributed by atoms with Crippen molar-refractivity contribution in [1.29, 1.82) is 0 Å². The number of carboxylic acid groups (broad SMARTS) is 1. The Kier molecular flexibility index (Phi) is 3.58. The Morgan fingerprint density at radius 2 is 2.24 bits per heavy atom. The summed E-state index contributed by atoms with van der Waals surface area (Å²) < 4.78 is 5.30. The molecule has 0 atom stereocenters. The summed E-state index contributed by atoms with van der Waals surface area (Å²) in [4.78, 5) is 16.8. The Balaban J connectivity index is 2.08. The molecule has 1 fully saturated rings. The quantitative estimate of drug-likeness (QED) is 0.859. The smallest absolute Gasteiger partial charge is 0.354 e. The Hall–Kier alpha value is -1.62. The monoisotopic (exact) mass is 236 g/mol. The zero-order chi connectivity index (χ0) is 12.3. The summed E-state index contributed by atoms with van der Waals surface area (Å²) in [6, 6.07) is 3.47. The van der Waals surface area contributed by atoms with Crippen molar-refractivity contribution in [3.05, 3.63) is 24.0 Å². The summed E-state index contributed by atoms with van der Waals surface area (Å²) in [5.41, 5.74) is 1.02. The number of hydrogen-bond donors (Lipinski definition) is 1. The van der Waals surface area contributed by atoms with E-state index >= 15 is 0 Å². The molecule has 0 unspecified atom stereocenters. The van der Waals surface area contributed by atoms with Crippen LogP contribution in [0.5, 0.6) is 0 Å². The van der Waals surface area contributed by atoms with Crippen LogP contribution >= 0.6 is 0 Å². The van der Waals surface area contributed by atoms with Crippen LogP contribution in [0, 0.1) is 0 Å². The first-order chi connectivity index (χ1) is 8.20. The van der Waals surface area contributed by atoms with E-state index in [2.05, 4.69) is 9.88 Å². The third-order valence-corrected chi connectivity index (χ3v) is 3.10. The zero-order valence-corrected chi connectivity index (χ0v) is 9.80. The maximum Gasteiger partial charge on any atom is 0.354 e. The Morgan fingerprint density at radius 3 is 2.82 bits per heavy atom. The van der Waals surface area contributed by atoms with E-state index in [-0.39, 0.29) is 5.69 Å². The molecule has 1 aromatic heterocycles. The molecule has 17 heavy (non-hydrogen) atoms. The second-order valence-electron chi connectivity index (χ2n) is 4.13. The number of pyridine rings is 1. The molecule has 0 spiro atoms. The van der Waals surface area contributed by atoms with Crippen molar-refractivity contribution in [2.75, 3.05) is 25.1 Å². The molecular weight excluding hydrogens is 220 g/mol. The molecule has 5 heteroatoms. The highest BCUT2D eigenvalue weighted by atomic mass is 16.5. The minimum absolute atomic E-state index is 0.0939. The number of methoxy groups -OCH3 is 1. The second kappa shape index (κ2) is 5.14. The van der Waals surface area contributed by atoms with Gasteiger partial charge in [0.15, 0.2) is 0 Å². The van der Waals surface area contributed by atoms with Gasteiger partial charge in [0.25, 0.3) is 0 Å². The molecule has 1 aliphatic rings. The molecule has 0 aliphatic carbocycles. The van der Waals surface area contributed by atoms with Gasteiger partial charge in [-0.25, -0.2) is 9.78 Å². The number of aromatic carboxylic acids is 1. The highest BCUT2D eigenvalue weighted by molar-refractivity contribution is 5.86. The molecule has 0 bridgehead atoms. The van der Waals surface area contributed by atoms with Gasteiger partial charge in [-0.05, 0) is 25.0 Å². The highest BCUT2D eigenvalue weighted by Gasteiger charge is 2.19. The van der Waals surface area contributed by atoms with E-state index in [0.717, 1.165) is 31.6 Å². The predicted octanol–water partition coefficient (Wildman–Crippen LogP) is 1.40. The van der Waals surface area contributed by atoms with Crippen molar-refractivity contribution < 1.29 is 14.6 Å². The standard InChI is InChI=1S/C12H16N2O3/c1-17-10-3-6-14(7-4-10)9-2-5-13-11(8-9)12(15)16/h2,5,8,10H,3-4,6-7H2,1H3,(H,15,16). The molecule has 1 aromatic rings. The SMILES string of the molecule is COC1CCN(c2ccnc(C(=O)O)c2)CC1. The summed E-state index contributed by atoms with van der Waals surface area (Å²) in [6.45, 7) is 1.78. The lowest BCUT2D eigenvalue weighted by atomic mass is 10.1. The van der Waals surface area contributed by atoms with Crippen molar-refractivity contribution in [2.24, 2.45) is 0 Å². The van der Waals surface area contributed by atoms with E-state index in [1.54, 1.807) is 19.4 Å². The van der Waals surface area contributed by atoms with E-state index in [1.165, 1.54) is 0 Å². The minimum atomic E-state index is -0.987. The van der Waals surface area contributed by atoms with Crippen molar-refractivity contribution in [2.45, 2.75) is 18.9 Å². The van der Waals surface area contributed by atoms with Crippen LogP contribution in [0.15, 0.2) is 18.3 Å². The first-order valence-corrected chi connectivity index (χ1v) is 5.68. The largest absolute Gasteiger partial charge is 0.477 e. The van der Waals surface area contributed by atoms with Crippen LogP contribution in [0.2, 0.25) is 0 Å². The van der Waals surface area contributed by atoms with Gasteiger partial charge in [0, 0.05) is 32.1 Å². The average molecular weight is 236 g/mol. The van der Waals surface area contributed by atoms with E-state index < -0.39 is 5.97 Å². The molecule has 0 saturated carbocycles. The third kappa shape index (κ3) is 2.74. The maximum atomic E-state index is 10.8. The van der Waals surface area contributed by atoms with Gasteiger partial charge in [-0.15, -0.1) is 0 Å². The summed E-state index contributed by atoms with van der Waals surface area (Å²) in [5, 5.41) is 8.89. The predicted molar refractivity (Wildman–Crippen MR) is 63.4 cm³/mol. The van der Waals surface area contributed by atoms with Gasteiger partial charge >= 0.3 is 5.97 Å². The molecule has 92 valence electrons. The molecule has 0 radical (unpaired) electrons. The topological polar surface area (TPSA) is 62.7 Å². The lowest BCUT2D eigenvalue weighted by Crippen LogP contribution is -2.36. The Bertz CT molecular complexity index is 400. The average Bonchev–Trinajstić information content (AvgIpc) is 2.39. The normalized spacial score (nSPS) is 17.1. The van der Waals surface area contributed by atoms with Crippen LogP contribution in [0.25, 0.3) is 0 Å². The molecule has 2 heterocycles. The molecular formula is C12H16N2O3. The molecule has 0 amide bonds. The van der Waals surface area contributed by atoms with Crippen LogP contribution in [0.1, 0.15) is 23.3 Å². The first kappa shape index (κ1) is 11.9. The number of rotatable bonds is 3. The van der Waals surface area contributed by atoms with E-state index in [9.17, 15) is 4.79 Å². The van der Waals surface area contributed by atoms with Gasteiger partial charge in [-0.1, -0.05) is 0 Å². The van der Waals surface area contributed by atoms with E-state index in [1.807, 2.05) is 6.07 Å². The van der Waals surface area contributed by atoms with E-state index in [4.69, 9.17) is 9.84 Å². The van der Waals surface area contributed by atoms with Crippen molar-refractivity contribution in [1.82, 2.24) is 4.98 Å². The summed E-state index contributed by atoms with van der Waals surface area (Å²) in [7, 11) is 1.73. The third-order valence-electron chi connectivity index (χ3n) is 3.10. The van der Waals surface area contributed by atoms with Crippen LogP contribution in [0.3, 0.4) is 0 Å². The van der Waals surface area contributed by atoms with E-state index in [0.29, 0.717) is 6.10 Å². The summed E-state index contributed by atoms with van der Waals surface area (Å²) in [5.74, 6) is -0.987. The van der Waals surface area contributed by atoms with Crippen molar-refractivity contribution >= 4 is 11.7 Å². The van der Waals surface area contributed by atoms with Crippen LogP contribution in [-0.2, 0) is 4.74 Å². The van der Waals surface area contributed by atoms with Gasteiger partial charge in [0.2, 0.25) is 0 Å². The Labute approximate surface area is 100 Å². The second-order valence-corrected chi connectivity index (χ2v) is 4.13. The molecule has 1 N–H and O–H groups in total. The molecule has 1 saturated heterocycles.